The van der Waals surface area contributed by atoms with Crippen LogP contribution in [0.4, 0.5) is 5.69 Å². The standard InChI is InChI=1S/C9H12NOP/c1-10-9-6-4-3-5-8(9)7-12(10,2)11/h3-6H,7H2,1-2H3. The smallest absolute Gasteiger partial charge is 0.173 e. The Kier molecular flexibility index (Phi) is 1.55. The van der Waals surface area contributed by atoms with Gasteiger partial charge in [-0.25, -0.2) is 0 Å². The van der Waals surface area contributed by atoms with Gasteiger partial charge in [0.15, 0.2) is 7.29 Å². The van der Waals surface area contributed by atoms with Crippen molar-refractivity contribution in [1.29, 1.82) is 0 Å². The van der Waals surface area contributed by atoms with E-state index in [9.17, 15) is 4.57 Å². The molecule has 2 rings (SSSR count). The van der Waals surface area contributed by atoms with Crippen LogP contribution in [0.15, 0.2) is 24.3 Å². The molecule has 0 saturated heterocycles. The summed E-state index contributed by atoms with van der Waals surface area (Å²) in [5.74, 6) is 0. The lowest BCUT2D eigenvalue weighted by Crippen LogP contribution is -2.06. The van der Waals surface area contributed by atoms with Crippen LogP contribution < -0.4 is 4.67 Å². The Hall–Kier alpha value is -0.750. The first-order valence-electron chi connectivity index (χ1n) is 4.00. The van der Waals surface area contributed by atoms with Crippen molar-refractivity contribution in [2.75, 3.05) is 18.4 Å². The van der Waals surface area contributed by atoms with Crippen molar-refractivity contribution in [2.24, 2.45) is 0 Å². The van der Waals surface area contributed by atoms with Gasteiger partial charge in [-0.05, 0) is 11.6 Å². The van der Waals surface area contributed by atoms with Gasteiger partial charge < -0.3 is 9.24 Å². The van der Waals surface area contributed by atoms with E-state index in [4.69, 9.17) is 0 Å². The third-order valence-electron chi connectivity index (χ3n) is 2.44. The number of benzene rings is 1. The van der Waals surface area contributed by atoms with Crippen molar-refractivity contribution >= 4 is 13.0 Å². The Morgan fingerprint density at radius 3 is 2.75 bits per heavy atom. The van der Waals surface area contributed by atoms with Gasteiger partial charge in [-0.1, -0.05) is 18.2 Å². The number of para-hydroxylation sites is 1. The molecule has 0 saturated carbocycles. The van der Waals surface area contributed by atoms with Crippen molar-refractivity contribution in [3.63, 3.8) is 0 Å². The molecule has 0 N–H and O–H groups in total. The molecule has 0 radical (unpaired) electrons. The Labute approximate surface area is 72.6 Å². The van der Waals surface area contributed by atoms with Gasteiger partial charge in [0.2, 0.25) is 0 Å². The predicted molar refractivity (Wildman–Crippen MR) is 52.1 cm³/mol. The van der Waals surface area contributed by atoms with Gasteiger partial charge in [-0.15, -0.1) is 0 Å². The maximum atomic E-state index is 11.9. The molecule has 0 spiro atoms. The number of rotatable bonds is 0. The zero-order chi connectivity index (χ0) is 8.77. The summed E-state index contributed by atoms with van der Waals surface area (Å²) in [5.41, 5.74) is 2.34. The van der Waals surface area contributed by atoms with E-state index in [1.807, 2.05) is 36.6 Å². The van der Waals surface area contributed by atoms with Gasteiger partial charge in [0.05, 0.1) is 0 Å². The minimum absolute atomic E-state index is 0.722. The highest BCUT2D eigenvalue weighted by Gasteiger charge is 2.31. The second kappa shape index (κ2) is 2.37. The van der Waals surface area contributed by atoms with Crippen molar-refractivity contribution in [1.82, 2.24) is 0 Å². The topological polar surface area (TPSA) is 20.3 Å². The van der Waals surface area contributed by atoms with Crippen molar-refractivity contribution in [2.45, 2.75) is 6.16 Å². The second-order valence-corrected chi connectivity index (χ2v) is 6.38. The normalized spacial score (nSPS) is 27.3. The second-order valence-electron chi connectivity index (χ2n) is 3.36. The highest BCUT2D eigenvalue weighted by molar-refractivity contribution is 7.64. The molecule has 1 aliphatic rings. The number of fused-ring (bicyclic) bond motifs is 1. The van der Waals surface area contributed by atoms with Crippen LogP contribution in [0.2, 0.25) is 0 Å². The SMILES string of the molecule is CN1c2ccccc2CP1(C)=O. The predicted octanol–water partition coefficient (Wildman–Crippen LogP) is 2.54. The van der Waals surface area contributed by atoms with E-state index in [-0.39, 0.29) is 0 Å². The highest BCUT2D eigenvalue weighted by atomic mass is 31.2. The van der Waals surface area contributed by atoms with Crippen LogP contribution in [0.5, 0.6) is 0 Å². The van der Waals surface area contributed by atoms with Gasteiger partial charge >= 0.3 is 0 Å². The van der Waals surface area contributed by atoms with E-state index in [0.717, 1.165) is 11.8 Å². The van der Waals surface area contributed by atoms with E-state index in [1.165, 1.54) is 5.56 Å². The molecule has 1 atom stereocenters. The van der Waals surface area contributed by atoms with E-state index < -0.39 is 7.29 Å². The third-order valence-corrected chi connectivity index (χ3v) is 4.85. The molecular formula is C9H12NOP. The first kappa shape index (κ1) is 7.88. The quantitative estimate of drug-likeness (QED) is 0.573. The number of nitrogens with zero attached hydrogens (tertiary/aromatic N) is 1. The molecule has 0 aliphatic carbocycles. The first-order chi connectivity index (χ1) is 5.61. The molecule has 1 aliphatic heterocycles. The summed E-state index contributed by atoms with van der Waals surface area (Å²) in [6.07, 6.45) is 0.722. The number of hydrogen-bond acceptors (Lipinski definition) is 1. The molecule has 0 fully saturated rings. The maximum Gasteiger partial charge on any atom is 0.173 e. The molecule has 1 unspecified atom stereocenters. The molecule has 1 aromatic carbocycles. The molecule has 3 heteroatoms. The molecule has 1 heterocycles. The van der Waals surface area contributed by atoms with Gasteiger partial charge in [0, 0.05) is 25.6 Å². The van der Waals surface area contributed by atoms with E-state index in [2.05, 4.69) is 6.07 Å². The largest absolute Gasteiger partial charge is 0.325 e. The lowest BCUT2D eigenvalue weighted by Gasteiger charge is -2.18. The average Bonchev–Trinajstić information content (AvgIpc) is 2.24. The zero-order valence-electron chi connectivity index (χ0n) is 7.32. The van der Waals surface area contributed by atoms with Crippen molar-refractivity contribution in [3.8, 4) is 0 Å². The minimum atomic E-state index is -2.08. The van der Waals surface area contributed by atoms with Crippen LogP contribution in [0.25, 0.3) is 0 Å². The van der Waals surface area contributed by atoms with E-state index in [1.54, 1.807) is 0 Å². The fraction of sp³-hybridized carbons (Fsp3) is 0.333. The van der Waals surface area contributed by atoms with Crippen LogP contribution in [0.1, 0.15) is 5.56 Å². The zero-order valence-corrected chi connectivity index (χ0v) is 8.21. The Morgan fingerprint density at radius 1 is 1.42 bits per heavy atom. The molecular weight excluding hydrogens is 169 g/mol. The Morgan fingerprint density at radius 2 is 2.08 bits per heavy atom. The van der Waals surface area contributed by atoms with Crippen LogP contribution in [-0.4, -0.2) is 13.7 Å². The highest BCUT2D eigenvalue weighted by Crippen LogP contribution is 2.57. The van der Waals surface area contributed by atoms with Crippen LogP contribution in [0, 0.1) is 0 Å². The molecule has 2 nitrogen and oxygen atoms in total. The molecule has 0 bridgehead atoms. The molecule has 0 aromatic heterocycles. The lowest BCUT2D eigenvalue weighted by atomic mass is 10.2. The van der Waals surface area contributed by atoms with Crippen LogP contribution >= 0.6 is 7.29 Å². The monoisotopic (exact) mass is 181 g/mol. The summed E-state index contributed by atoms with van der Waals surface area (Å²) in [6.45, 7) is 1.84. The van der Waals surface area contributed by atoms with Gasteiger partial charge in [0.1, 0.15) is 0 Å². The van der Waals surface area contributed by atoms with E-state index in [0.29, 0.717) is 0 Å². The van der Waals surface area contributed by atoms with Crippen LogP contribution in [0.3, 0.4) is 0 Å². The summed E-state index contributed by atoms with van der Waals surface area (Å²) in [6, 6.07) is 8.06. The summed E-state index contributed by atoms with van der Waals surface area (Å²) in [4.78, 5) is 0. The average molecular weight is 181 g/mol. The van der Waals surface area contributed by atoms with Crippen LogP contribution in [-0.2, 0) is 10.7 Å². The Balaban J connectivity index is 2.57. The molecule has 64 valence electrons. The van der Waals surface area contributed by atoms with Crippen molar-refractivity contribution < 1.29 is 4.57 Å². The number of hydrogen-bond donors (Lipinski definition) is 0. The van der Waals surface area contributed by atoms with Gasteiger partial charge in [-0.2, -0.15) is 0 Å². The summed E-state index contributed by atoms with van der Waals surface area (Å²) in [7, 11) is -0.173. The fourth-order valence-corrected chi connectivity index (χ4v) is 3.37. The molecule has 0 amide bonds. The van der Waals surface area contributed by atoms with E-state index >= 15 is 0 Å². The summed E-state index contributed by atoms with van der Waals surface area (Å²) >= 11 is 0. The minimum Gasteiger partial charge on any atom is -0.325 e. The maximum absolute atomic E-state index is 11.9. The van der Waals surface area contributed by atoms with Crippen molar-refractivity contribution in [3.05, 3.63) is 29.8 Å². The summed E-state index contributed by atoms with van der Waals surface area (Å²) < 4.78 is 13.8. The third kappa shape index (κ3) is 0.987. The Bertz CT molecular complexity index is 361. The number of anilines is 1. The molecule has 12 heavy (non-hydrogen) atoms. The lowest BCUT2D eigenvalue weighted by molar-refractivity contribution is 0.579. The summed E-state index contributed by atoms with van der Waals surface area (Å²) in [5, 5.41) is 0. The molecule has 1 aromatic rings. The fourth-order valence-electron chi connectivity index (χ4n) is 1.61. The van der Waals surface area contributed by atoms with Gasteiger partial charge in [-0.3, -0.25) is 0 Å². The first-order valence-corrected chi connectivity index (χ1v) is 6.29. The van der Waals surface area contributed by atoms with Gasteiger partial charge in [0.25, 0.3) is 0 Å².